The summed E-state index contributed by atoms with van der Waals surface area (Å²) in [6, 6.07) is 15.0. The number of fused-ring (bicyclic) bond motifs is 1. The molecule has 3 aromatic heterocycles. The zero-order valence-electron chi connectivity index (χ0n) is 18.0. The molecule has 162 valence electrons. The lowest BCUT2D eigenvalue weighted by molar-refractivity contribution is 0.102. The quantitative estimate of drug-likeness (QED) is 0.492. The van der Waals surface area contributed by atoms with Crippen molar-refractivity contribution in [1.29, 1.82) is 0 Å². The highest BCUT2D eigenvalue weighted by atomic mass is 16.5. The zero-order valence-corrected chi connectivity index (χ0v) is 18.0. The molecule has 0 spiro atoms. The van der Waals surface area contributed by atoms with Crippen LogP contribution in [0.15, 0.2) is 67.1 Å². The molecule has 0 aliphatic carbocycles. The number of nitrogens with zero attached hydrogens (tertiary/aromatic N) is 4. The number of pyridine rings is 2. The second-order valence-corrected chi connectivity index (χ2v) is 8.02. The molecule has 5 rings (SSSR count). The minimum Gasteiger partial charge on any atom is -0.487 e. The molecular weight excluding hydrogens is 402 g/mol. The minimum absolute atomic E-state index is 0.178. The van der Waals surface area contributed by atoms with E-state index in [1.807, 2.05) is 48.0 Å². The van der Waals surface area contributed by atoms with Crippen molar-refractivity contribution in [1.82, 2.24) is 14.4 Å². The second-order valence-electron chi connectivity index (χ2n) is 8.02. The Morgan fingerprint density at radius 3 is 2.62 bits per heavy atom. The van der Waals surface area contributed by atoms with Gasteiger partial charge in [0.25, 0.3) is 5.91 Å². The highest BCUT2D eigenvalue weighted by Crippen LogP contribution is 2.20. The molecule has 0 bridgehead atoms. The molecule has 4 heterocycles. The predicted octanol–water partition coefficient (Wildman–Crippen LogP) is 4.47. The van der Waals surface area contributed by atoms with E-state index in [-0.39, 0.29) is 5.91 Å². The van der Waals surface area contributed by atoms with Crippen LogP contribution < -0.4 is 15.0 Å². The van der Waals surface area contributed by atoms with Crippen LogP contribution in [-0.4, -0.2) is 33.4 Å². The molecule has 1 fully saturated rings. The normalized spacial score (nSPS) is 13.5. The zero-order chi connectivity index (χ0) is 21.9. The van der Waals surface area contributed by atoms with Crippen molar-refractivity contribution in [3.8, 4) is 5.75 Å². The molecule has 7 heteroatoms. The number of imidazole rings is 1. The van der Waals surface area contributed by atoms with E-state index in [0.717, 1.165) is 35.8 Å². The van der Waals surface area contributed by atoms with Gasteiger partial charge in [-0.05, 0) is 67.8 Å². The van der Waals surface area contributed by atoms with E-state index in [0.29, 0.717) is 23.6 Å². The number of nitrogens with one attached hydrogen (secondary N) is 1. The van der Waals surface area contributed by atoms with Crippen molar-refractivity contribution < 1.29 is 9.53 Å². The van der Waals surface area contributed by atoms with Crippen molar-refractivity contribution in [3.63, 3.8) is 0 Å². The van der Waals surface area contributed by atoms with Gasteiger partial charge in [-0.25, -0.2) is 9.97 Å². The molecular formula is C25H25N5O2. The summed E-state index contributed by atoms with van der Waals surface area (Å²) in [5.74, 6) is 1.47. The molecule has 0 saturated carbocycles. The molecule has 0 unspecified atom stereocenters. The lowest BCUT2D eigenvalue weighted by atomic mass is 10.2. The number of aromatic nitrogens is 3. The Balaban J connectivity index is 1.18. The predicted molar refractivity (Wildman–Crippen MR) is 124 cm³/mol. The number of benzene rings is 1. The van der Waals surface area contributed by atoms with Crippen LogP contribution in [0, 0.1) is 6.92 Å². The second kappa shape index (κ2) is 8.70. The summed E-state index contributed by atoms with van der Waals surface area (Å²) >= 11 is 0. The molecule has 1 amide bonds. The average Bonchev–Trinajstić information content (AvgIpc) is 3.49. The molecule has 4 aromatic rings. The van der Waals surface area contributed by atoms with E-state index in [1.165, 1.54) is 12.8 Å². The fourth-order valence-corrected chi connectivity index (χ4v) is 3.93. The third kappa shape index (κ3) is 4.27. The fourth-order valence-electron chi connectivity index (χ4n) is 3.93. The molecule has 1 aliphatic rings. The first-order valence-electron chi connectivity index (χ1n) is 10.8. The number of aryl methyl sites for hydroxylation is 1. The summed E-state index contributed by atoms with van der Waals surface area (Å²) in [5, 5.41) is 2.90. The molecule has 0 atom stereocenters. The number of anilines is 2. The molecule has 1 N–H and O–H groups in total. The Kier molecular flexibility index (Phi) is 5.46. The number of carbonyl (C=O) groups excluding carboxylic acids is 1. The maximum Gasteiger partial charge on any atom is 0.255 e. The van der Waals surface area contributed by atoms with Gasteiger partial charge in [0.2, 0.25) is 0 Å². The number of rotatable bonds is 6. The number of hydrogen-bond acceptors (Lipinski definition) is 5. The van der Waals surface area contributed by atoms with Crippen molar-refractivity contribution >= 4 is 23.1 Å². The van der Waals surface area contributed by atoms with Crippen molar-refractivity contribution in [3.05, 3.63) is 83.9 Å². The highest BCUT2D eigenvalue weighted by Gasteiger charge is 2.14. The average molecular weight is 428 g/mol. The Hall–Kier alpha value is -3.87. The smallest absolute Gasteiger partial charge is 0.255 e. The van der Waals surface area contributed by atoms with E-state index < -0.39 is 0 Å². The van der Waals surface area contributed by atoms with Gasteiger partial charge in [-0.2, -0.15) is 0 Å². The minimum atomic E-state index is -0.178. The summed E-state index contributed by atoms with van der Waals surface area (Å²) in [6.07, 6.45) is 8.06. The van der Waals surface area contributed by atoms with Gasteiger partial charge in [0.15, 0.2) is 0 Å². The fraction of sp³-hybridized carbons (Fsp3) is 0.240. The lowest BCUT2D eigenvalue weighted by Gasteiger charge is -2.16. The van der Waals surface area contributed by atoms with E-state index in [2.05, 4.69) is 20.2 Å². The Bertz CT molecular complexity index is 1230. The monoisotopic (exact) mass is 427 g/mol. The SMILES string of the molecule is Cc1cccn2cc(COc3ccc(C(=O)Nc4ccc(N5CCCC5)nc4)cc3)nc12. The van der Waals surface area contributed by atoms with Crippen LogP contribution in [0.4, 0.5) is 11.5 Å². The van der Waals surface area contributed by atoms with Gasteiger partial charge >= 0.3 is 0 Å². The Labute approximate surface area is 186 Å². The largest absolute Gasteiger partial charge is 0.487 e. The summed E-state index contributed by atoms with van der Waals surface area (Å²) in [7, 11) is 0. The molecule has 1 aliphatic heterocycles. The van der Waals surface area contributed by atoms with Gasteiger partial charge in [0, 0.05) is 31.0 Å². The van der Waals surface area contributed by atoms with E-state index in [9.17, 15) is 4.79 Å². The highest BCUT2D eigenvalue weighted by molar-refractivity contribution is 6.04. The first-order chi connectivity index (χ1) is 15.7. The first-order valence-corrected chi connectivity index (χ1v) is 10.8. The number of amides is 1. The lowest BCUT2D eigenvalue weighted by Crippen LogP contribution is -2.19. The van der Waals surface area contributed by atoms with Gasteiger partial charge in [-0.1, -0.05) is 6.07 Å². The topological polar surface area (TPSA) is 71.8 Å². The maximum absolute atomic E-state index is 12.6. The van der Waals surface area contributed by atoms with Crippen LogP contribution in [0.1, 0.15) is 34.5 Å². The summed E-state index contributed by atoms with van der Waals surface area (Å²) in [6.45, 7) is 4.49. The van der Waals surface area contributed by atoms with Crippen molar-refractivity contribution in [2.24, 2.45) is 0 Å². The Morgan fingerprint density at radius 1 is 1.09 bits per heavy atom. The van der Waals surface area contributed by atoms with Gasteiger partial charge in [-0.15, -0.1) is 0 Å². The number of ether oxygens (including phenoxy) is 1. The molecule has 1 saturated heterocycles. The van der Waals surface area contributed by atoms with E-state index >= 15 is 0 Å². The van der Waals surface area contributed by atoms with Crippen molar-refractivity contribution in [2.45, 2.75) is 26.4 Å². The molecule has 0 radical (unpaired) electrons. The standard InChI is InChI=1S/C25H25N5O2/c1-18-5-4-14-30-16-21(27-24(18)30)17-32-22-9-6-19(7-10-22)25(31)28-20-8-11-23(26-15-20)29-12-2-3-13-29/h4-11,14-16H,2-3,12-13,17H2,1H3,(H,28,31). The molecule has 32 heavy (non-hydrogen) atoms. The van der Waals surface area contributed by atoms with Crippen molar-refractivity contribution in [2.75, 3.05) is 23.3 Å². The van der Waals surface area contributed by atoms with E-state index in [4.69, 9.17) is 4.74 Å². The molecule has 1 aromatic carbocycles. The van der Waals surface area contributed by atoms with E-state index in [1.54, 1.807) is 30.5 Å². The van der Waals surface area contributed by atoms with Gasteiger partial charge in [0.05, 0.1) is 17.6 Å². The third-order valence-corrected chi connectivity index (χ3v) is 5.67. The number of carbonyl (C=O) groups is 1. The summed E-state index contributed by atoms with van der Waals surface area (Å²) in [4.78, 5) is 23.9. The van der Waals surface area contributed by atoms with Gasteiger partial charge in [-0.3, -0.25) is 4.79 Å². The molecule has 7 nitrogen and oxygen atoms in total. The number of hydrogen-bond donors (Lipinski definition) is 1. The van der Waals surface area contributed by atoms with Gasteiger partial charge < -0.3 is 19.4 Å². The van der Waals surface area contributed by atoms with Crippen LogP contribution >= 0.6 is 0 Å². The van der Waals surface area contributed by atoms with Crippen LogP contribution in [0.25, 0.3) is 5.65 Å². The summed E-state index contributed by atoms with van der Waals surface area (Å²) in [5.41, 5.74) is 4.15. The summed E-state index contributed by atoms with van der Waals surface area (Å²) < 4.78 is 7.85. The van der Waals surface area contributed by atoms with Crippen LogP contribution in [0.2, 0.25) is 0 Å². The van der Waals surface area contributed by atoms with Crippen LogP contribution in [0.3, 0.4) is 0 Å². The third-order valence-electron chi connectivity index (χ3n) is 5.67. The van der Waals surface area contributed by atoms with Crippen LogP contribution in [-0.2, 0) is 6.61 Å². The van der Waals surface area contributed by atoms with Crippen LogP contribution in [0.5, 0.6) is 5.75 Å². The Morgan fingerprint density at radius 2 is 1.91 bits per heavy atom. The first kappa shape index (κ1) is 20.1. The maximum atomic E-state index is 12.6. The van der Waals surface area contributed by atoms with Gasteiger partial charge in [0.1, 0.15) is 23.8 Å².